The van der Waals surface area contributed by atoms with E-state index in [0.717, 1.165) is 4.57 Å². The van der Waals surface area contributed by atoms with Crippen LogP contribution in [0.1, 0.15) is 18.2 Å². The Morgan fingerprint density at radius 1 is 1.68 bits per heavy atom. The van der Waals surface area contributed by atoms with Crippen molar-refractivity contribution in [2.24, 2.45) is 0 Å². The Labute approximate surface area is 115 Å². The standard InChI is InChI=1S/C11H12BrFN2O4/c1-5(12)7-3-15(11(18)14-9(7)17)10-8(13)2-6(4-16)19-10/h3,6,8,10,16H,1-2,4H2,(H,14,17,18)/t6-,8-,10+/m0/s1. The minimum absolute atomic E-state index is 0.00265. The van der Waals surface area contributed by atoms with Gasteiger partial charge in [-0.05, 0) is 0 Å². The van der Waals surface area contributed by atoms with Crippen molar-refractivity contribution >= 4 is 20.4 Å². The van der Waals surface area contributed by atoms with Crippen LogP contribution < -0.4 is 11.2 Å². The van der Waals surface area contributed by atoms with Gasteiger partial charge in [0.15, 0.2) is 6.23 Å². The molecule has 8 heteroatoms. The maximum Gasteiger partial charge on any atom is 0.330 e. The fourth-order valence-corrected chi connectivity index (χ4v) is 2.21. The van der Waals surface area contributed by atoms with Gasteiger partial charge in [-0.15, -0.1) is 0 Å². The molecule has 2 rings (SSSR count). The zero-order valence-corrected chi connectivity index (χ0v) is 11.4. The molecule has 19 heavy (non-hydrogen) atoms. The van der Waals surface area contributed by atoms with Crippen LogP contribution in [-0.4, -0.2) is 33.5 Å². The molecule has 6 nitrogen and oxygen atoms in total. The number of aromatic amines is 1. The molecule has 0 spiro atoms. The molecule has 1 saturated heterocycles. The Hall–Kier alpha value is -1.25. The quantitative estimate of drug-likeness (QED) is 0.844. The normalized spacial score (nSPS) is 26.6. The molecule has 0 aliphatic carbocycles. The number of hydrogen-bond donors (Lipinski definition) is 2. The van der Waals surface area contributed by atoms with Gasteiger partial charge in [0.25, 0.3) is 5.56 Å². The van der Waals surface area contributed by atoms with E-state index in [0.29, 0.717) is 0 Å². The third-order valence-electron chi connectivity index (χ3n) is 2.87. The molecule has 3 atom stereocenters. The van der Waals surface area contributed by atoms with Crippen LogP contribution in [-0.2, 0) is 4.74 Å². The van der Waals surface area contributed by atoms with Crippen LogP contribution in [0.25, 0.3) is 4.48 Å². The van der Waals surface area contributed by atoms with Crippen LogP contribution in [0.15, 0.2) is 22.4 Å². The van der Waals surface area contributed by atoms with Crippen molar-refractivity contribution in [3.05, 3.63) is 39.2 Å². The van der Waals surface area contributed by atoms with E-state index in [1.54, 1.807) is 0 Å². The lowest BCUT2D eigenvalue weighted by atomic mass is 10.2. The van der Waals surface area contributed by atoms with Crippen molar-refractivity contribution in [1.82, 2.24) is 9.55 Å². The molecule has 0 bridgehead atoms. The fourth-order valence-electron chi connectivity index (χ4n) is 1.93. The number of H-pyrrole nitrogens is 1. The molecule has 104 valence electrons. The van der Waals surface area contributed by atoms with Gasteiger partial charge >= 0.3 is 5.69 Å². The Balaban J connectivity index is 2.46. The van der Waals surface area contributed by atoms with Crippen molar-refractivity contribution in [3.63, 3.8) is 0 Å². The summed E-state index contributed by atoms with van der Waals surface area (Å²) in [4.78, 5) is 25.3. The topological polar surface area (TPSA) is 84.3 Å². The fraction of sp³-hybridized carbons (Fsp3) is 0.455. The first kappa shape index (κ1) is 14.2. The molecule has 1 aromatic rings. The molecule has 1 aliphatic rings. The van der Waals surface area contributed by atoms with E-state index in [-0.39, 0.29) is 23.1 Å². The van der Waals surface area contributed by atoms with E-state index in [1.807, 2.05) is 0 Å². The van der Waals surface area contributed by atoms with Gasteiger partial charge in [0.05, 0.1) is 18.3 Å². The average molecular weight is 335 g/mol. The summed E-state index contributed by atoms with van der Waals surface area (Å²) in [5.74, 6) is 0. The zero-order valence-electron chi connectivity index (χ0n) is 9.81. The summed E-state index contributed by atoms with van der Waals surface area (Å²) in [6, 6.07) is 0. The van der Waals surface area contributed by atoms with Crippen LogP contribution in [0, 0.1) is 0 Å². The first-order chi connectivity index (χ1) is 8.93. The summed E-state index contributed by atoms with van der Waals surface area (Å²) in [6.45, 7) is 3.21. The first-order valence-electron chi connectivity index (χ1n) is 5.54. The van der Waals surface area contributed by atoms with E-state index < -0.39 is 29.8 Å². The third kappa shape index (κ3) is 2.70. The van der Waals surface area contributed by atoms with Crippen molar-refractivity contribution in [2.75, 3.05) is 6.61 Å². The molecule has 1 fully saturated rings. The van der Waals surface area contributed by atoms with Crippen LogP contribution in [0.5, 0.6) is 0 Å². The minimum Gasteiger partial charge on any atom is -0.394 e. The van der Waals surface area contributed by atoms with Crippen LogP contribution in [0.4, 0.5) is 4.39 Å². The van der Waals surface area contributed by atoms with E-state index in [1.165, 1.54) is 6.20 Å². The van der Waals surface area contributed by atoms with Crippen LogP contribution >= 0.6 is 15.9 Å². The van der Waals surface area contributed by atoms with Crippen LogP contribution in [0.2, 0.25) is 0 Å². The lowest BCUT2D eigenvalue weighted by Crippen LogP contribution is -2.35. The molecular formula is C11H12BrFN2O4. The van der Waals surface area contributed by atoms with Crippen molar-refractivity contribution in [3.8, 4) is 0 Å². The third-order valence-corrected chi connectivity index (χ3v) is 3.29. The predicted octanol–water partition coefficient (Wildman–Crippen LogP) is 0.520. The van der Waals surface area contributed by atoms with Gasteiger partial charge < -0.3 is 9.84 Å². The van der Waals surface area contributed by atoms with E-state index in [2.05, 4.69) is 27.5 Å². The molecular weight excluding hydrogens is 323 g/mol. The highest BCUT2D eigenvalue weighted by Gasteiger charge is 2.37. The average Bonchev–Trinajstić information content (AvgIpc) is 2.70. The lowest BCUT2D eigenvalue weighted by molar-refractivity contribution is -0.0394. The highest BCUT2D eigenvalue weighted by Crippen LogP contribution is 2.30. The summed E-state index contributed by atoms with van der Waals surface area (Å²) in [5.41, 5.74) is -1.27. The second kappa shape index (κ2) is 5.40. The molecule has 2 heterocycles. The zero-order chi connectivity index (χ0) is 14.2. The number of aliphatic hydroxyl groups is 1. The summed E-state index contributed by atoms with van der Waals surface area (Å²) < 4.78 is 20.3. The number of aliphatic hydroxyl groups excluding tert-OH is 1. The molecule has 2 N–H and O–H groups in total. The number of aromatic nitrogens is 2. The second-order valence-electron chi connectivity index (χ2n) is 4.20. The maximum absolute atomic E-state index is 13.8. The van der Waals surface area contributed by atoms with Gasteiger partial charge in [-0.2, -0.15) is 0 Å². The van der Waals surface area contributed by atoms with Crippen molar-refractivity contribution in [1.29, 1.82) is 0 Å². The van der Waals surface area contributed by atoms with Crippen molar-refractivity contribution in [2.45, 2.75) is 24.9 Å². The number of nitrogens with zero attached hydrogens (tertiary/aromatic N) is 1. The largest absolute Gasteiger partial charge is 0.394 e. The number of nitrogens with one attached hydrogen (secondary N) is 1. The number of rotatable bonds is 3. The van der Waals surface area contributed by atoms with E-state index in [9.17, 15) is 14.0 Å². The Morgan fingerprint density at radius 3 is 2.89 bits per heavy atom. The summed E-state index contributed by atoms with van der Waals surface area (Å²) >= 11 is 3.04. The van der Waals surface area contributed by atoms with Crippen molar-refractivity contribution < 1.29 is 14.2 Å². The first-order valence-corrected chi connectivity index (χ1v) is 6.34. The smallest absolute Gasteiger partial charge is 0.330 e. The summed E-state index contributed by atoms with van der Waals surface area (Å²) in [7, 11) is 0. The molecule has 0 unspecified atom stereocenters. The van der Waals surface area contributed by atoms with Gasteiger partial charge in [-0.3, -0.25) is 14.3 Å². The lowest BCUT2D eigenvalue weighted by Gasteiger charge is -2.16. The number of halogens is 2. The van der Waals surface area contributed by atoms with Gasteiger partial charge in [-0.25, -0.2) is 9.18 Å². The van der Waals surface area contributed by atoms with E-state index >= 15 is 0 Å². The number of ether oxygens (including phenoxy) is 1. The molecule has 0 aromatic carbocycles. The highest BCUT2D eigenvalue weighted by molar-refractivity contribution is 9.15. The maximum atomic E-state index is 13.8. The summed E-state index contributed by atoms with van der Waals surface area (Å²) in [6.07, 6.45) is -2.06. The highest BCUT2D eigenvalue weighted by atomic mass is 79.9. The monoisotopic (exact) mass is 334 g/mol. The minimum atomic E-state index is -1.43. The molecule has 0 saturated carbocycles. The summed E-state index contributed by atoms with van der Waals surface area (Å²) in [5, 5.41) is 8.95. The van der Waals surface area contributed by atoms with Gasteiger partial charge in [0.1, 0.15) is 6.17 Å². The van der Waals surface area contributed by atoms with Crippen LogP contribution in [0.3, 0.4) is 0 Å². The Bertz CT molecular complexity index is 611. The molecule has 1 aliphatic heterocycles. The predicted molar refractivity (Wildman–Crippen MR) is 69.8 cm³/mol. The Morgan fingerprint density at radius 2 is 2.37 bits per heavy atom. The number of hydrogen-bond acceptors (Lipinski definition) is 4. The molecule has 1 aromatic heterocycles. The van der Waals surface area contributed by atoms with Gasteiger partial charge in [-0.1, -0.05) is 22.5 Å². The van der Waals surface area contributed by atoms with E-state index in [4.69, 9.17) is 9.84 Å². The second-order valence-corrected chi connectivity index (χ2v) is 5.15. The van der Waals surface area contributed by atoms with Gasteiger partial charge in [0, 0.05) is 17.1 Å². The Kier molecular flexibility index (Phi) is 4.02. The molecule has 0 amide bonds. The SMILES string of the molecule is C=C(Br)c1cn([C@@H]2O[C@H](CO)C[C@@H]2F)c(=O)[nH]c1=O. The van der Waals surface area contributed by atoms with Gasteiger partial charge in [0.2, 0.25) is 0 Å². The molecule has 0 radical (unpaired) electrons. The number of alkyl halides is 1.